The Bertz CT molecular complexity index is 1120. The molecule has 6 nitrogen and oxygen atoms in total. The molecule has 0 saturated carbocycles. The van der Waals surface area contributed by atoms with Crippen LogP contribution in [0.15, 0.2) is 47.6 Å². The Morgan fingerprint density at radius 3 is 2.52 bits per heavy atom. The fourth-order valence-electron chi connectivity index (χ4n) is 3.37. The number of ether oxygens (including phenoxy) is 1. The number of halogens is 2. The van der Waals surface area contributed by atoms with Crippen molar-refractivity contribution >= 4 is 23.4 Å². The van der Waals surface area contributed by atoms with Crippen LogP contribution in [-0.4, -0.2) is 26.4 Å². The Balaban J connectivity index is 1.73. The lowest BCUT2D eigenvalue weighted by Crippen LogP contribution is -2.17. The standard InChI is InChI=1S/C24H28F2N4O2S/c1-14(2)18-8-6-7-9-21(18)32-16(5)23-28-29-24(30(23)15(3)4)33-13-22(31)27-20-12-17(25)10-11-19(20)26/h6-12,14-16H,13H2,1-5H3,(H,27,31). The van der Waals surface area contributed by atoms with Crippen LogP contribution in [0.4, 0.5) is 14.5 Å². The van der Waals surface area contributed by atoms with Crippen molar-refractivity contribution in [2.45, 2.75) is 57.8 Å². The Kier molecular flexibility index (Phi) is 8.07. The molecular formula is C24H28F2N4O2S. The first-order valence-corrected chi connectivity index (χ1v) is 11.7. The maximum absolute atomic E-state index is 13.8. The number of nitrogens with one attached hydrogen (secondary N) is 1. The molecular weight excluding hydrogens is 446 g/mol. The van der Waals surface area contributed by atoms with E-state index in [4.69, 9.17) is 4.74 Å². The van der Waals surface area contributed by atoms with Gasteiger partial charge in [0, 0.05) is 12.1 Å². The number of thioether (sulfide) groups is 1. The first-order chi connectivity index (χ1) is 15.7. The van der Waals surface area contributed by atoms with Gasteiger partial charge in [-0.25, -0.2) is 8.78 Å². The van der Waals surface area contributed by atoms with E-state index in [1.807, 2.05) is 49.6 Å². The van der Waals surface area contributed by atoms with Crippen molar-refractivity contribution in [2.75, 3.05) is 11.1 Å². The van der Waals surface area contributed by atoms with E-state index in [-0.39, 0.29) is 23.6 Å². The number of amides is 1. The summed E-state index contributed by atoms with van der Waals surface area (Å²) in [7, 11) is 0. The van der Waals surface area contributed by atoms with Crippen LogP contribution in [0.1, 0.15) is 64.1 Å². The number of benzene rings is 2. The number of para-hydroxylation sites is 1. The Hall–Kier alpha value is -2.94. The predicted octanol–water partition coefficient (Wildman–Crippen LogP) is 6.13. The molecule has 1 aromatic heterocycles. The largest absolute Gasteiger partial charge is 0.482 e. The summed E-state index contributed by atoms with van der Waals surface area (Å²) in [5.74, 6) is -0.0895. The fraction of sp³-hybridized carbons (Fsp3) is 0.375. The quantitative estimate of drug-likeness (QED) is 0.378. The summed E-state index contributed by atoms with van der Waals surface area (Å²) < 4.78 is 35.3. The van der Waals surface area contributed by atoms with Gasteiger partial charge in [-0.2, -0.15) is 0 Å². The van der Waals surface area contributed by atoms with Gasteiger partial charge >= 0.3 is 0 Å². The first-order valence-electron chi connectivity index (χ1n) is 10.8. The molecule has 33 heavy (non-hydrogen) atoms. The van der Waals surface area contributed by atoms with Crippen LogP contribution in [0.5, 0.6) is 5.75 Å². The minimum absolute atomic E-state index is 0.0209. The molecule has 1 atom stereocenters. The molecule has 176 valence electrons. The Labute approximate surface area is 196 Å². The van der Waals surface area contributed by atoms with Gasteiger partial charge in [0.2, 0.25) is 5.91 Å². The van der Waals surface area contributed by atoms with Crippen LogP contribution < -0.4 is 10.1 Å². The lowest BCUT2D eigenvalue weighted by Gasteiger charge is -2.21. The third-order valence-electron chi connectivity index (χ3n) is 4.95. The normalized spacial score (nSPS) is 12.3. The van der Waals surface area contributed by atoms with E-state index in [9.17, 15) is 13.6 Å². The van der Waals surface area contributed by atoms with Gasteiger partial charge in [0.05, 0.1) is 11.4 Å². The van der Waals surface area contributed by atoms with Crippen molar-refractivity contribution in [3.63, 3.8) is 0 Å². The Morgan fingerprint density at radius 1 is 1.09 bits per heavy atom. The molecule has 0 fully saturated rings. The van der Waals surface area contributed by atoms with Crippen molar-refractivity contribution in [1.29, 1.82) is 0 Å². The Morgan fingerprint density at radius 2 is 1.82 bits per heavy atom. The molecule has 2 aromatic carbocycles. The number of anilines is 1. The van der Waals surface area contributed by atoms with E-state index in [1.165, 1.54) is 11.8 Å². The molecule has 0 aliphatic rings. The molecule has 0 saturated heterocycles. The maximum Gasteiger partial charge on any atom is 0.234 e. The van der Waals surface area contributed by atoms with Crippen LogP contribution >= 0.6 is 11.8 Å². The average molecular weight is 475 g/mol. The van der Waals surface area contributed by atoms with Crippen molar-refractivity contribution in [3.05, 3.63) is 65.5 Å². The lowest BCUT2D eigenvalue weighted by molar-refractivity contribution is -0.113. The zero-order chi connectivity index (χ0) is 24.1. The van der Waals surface area contributed by atoms with Gasteiger partial charge in [-0.15, -0.1) is 10.2 Å². The van der Waals surface area contributed by atoms with Gasteiger partial charge in [0.25, 0.3) is 0 Å². The number of rotatable bonds is 9. The number of nitrogens with zero attached hydrogens (tertiary/aromatic N) is 3. The van der Waals surface area contributed by atoms with Gasteiger partial charge in [0.15, 0.2) is 17.1 Å². The van der Waals surface area contributed by atoms with Gasteiger partial charge < -0.3 is 14.6 Å². The van der Waals surface area contributed by atoms with E-state index in [0.717, 1.165) is 29.5 Å². The van der Waals surface area contributed by atoms with E-state index < -0.39 is 17.5 Å². The average Bonchev–Trinajstić information content (AvgIpc) is 3.19. The summed E-state index contributed by atoms with van der Waals surface area (Å²) in [4.78, 5) is 12.3. The third-order valence-corrected chi connectivity index (χ3v) is 5.89. The number of carbonyl (C=O) groups excluding carboxylic acids is 1. The number of hydrogen-bond acceptors (Lipinski definition) is 5. The summed E-state index contributed by atoms with van der Waals surface area (Å²) in [5.41, 5.74) is 0.910. The van der Waals surface area contributed by atoms with E-state index in [0.29, 0.717) is 16.9 Å². The molecule has 0 bridgehead atoms. The molecule has 3 rings (SSSR count). The first kappa shape index (κ1) is 24.7. The van der Waals surface area contributed by atoms with Crippen LogP contribution in [0.3, 0.4) is 0 Å². The summed E-state index contributed by atoms with van der Waals surface area (Å²) >= 11 is 1.17. The second-order valence-electron chi connectivity index (χ2n) is 8.22. The highest BCUT2D eigenvalue weighted by Gasteiger charge is 2.23. The molecule has 0 aliphatic heterocycles. The van der Waals surface area contributed by atoms with E-state index >= 15 is 0 Å². The van der Waals surface area contributed by atoms with E-state index in [1.54, 1.807) is 0 Å². The van der Waals surface area contributed by atoms with Gasteiger partial charge in [-0.1, -0.05) is 43.8 Å². The molecule has 1 heterocycles. The van der Waals surface area contributed by atoms with Gasteiger partial charge in [-0.05, 0) is 50.5 Å². The third kappa shape index (κ3) is 6.10. The monoisotopic (exact) mass is 474 g/mol. The van der Waals surface area contributed by atoms with Crippen LogP contribution in [-0.2, 0) is 4.79 Å². The van der Waals surface area contributed by atoms with Crippen molar-refractivity contribution in [3.8, 4) is 5.75 Å². The molecule has 1 unspecified atom stereocenters. The number of aromatic nitrogens is 3. The molecule has 1 amide bonds. The minimum atomic E-state index is -0.699. The summed E-state index contributed by atoms with van der Waals surface area (Å²) in [6.07, 6.45) is -0.371. The smallest absolute Gasteiger partial charge is 0.234 e. The summed E-state index contributed by atoms with van der Waals surface area (Å²) in [6.45, 7) is 10.1. The minimum Gasteiger partial charge on any atom is -0.482 e. The number of carbonyl (C=O) groups is 1. The van der Waals surface area contributed by atoms with E-state index in [2.05, 4.69) is 29.4 Å². The maximum atomic E-state index is 13.8. The lowest BCUT2D eigenvalue weighted by atomic mass is 10.0. The highest BCUT2D eigenvalue weighted by Crippen LogP contribution is 2.32. The van der Waals surface area contributed by atoms with Crippen molar-refractivity contribution < 1.29 is 18.3 Å². The molecule has 9 heteroatoms. The molecule has 3 aromatic rings. The van der Waals surface area contributed by atoms with Crippen LogP contribution in [0, 0.1) is 11.6 Å². The van der Waals surface area contributed by atoms with Crippen molar-refractivity contribution in [2.24, 2.45) is 0 Å². The predicted molar refractivity (Wildman–Crippen MR) is 126 cm³/mol. The highest BCUT2D eigenvalue weighted by molar-refractivity contribution is 7.99. The molecule has 0 radical (unpaired) electrons. The summed E-state index contributed by atoms with van der Waals surface area (Å²) in [5, 5.41) is 11.5. The number of hydrogen-bond donors (Lipinski definition) is 1. The van der Waals surface area contributed by atoms with Crippen molar-refractivity contribution in [1.82, 2.24) is 14.8 Å². The zero-order valence-corrected chi connectivity index (χ0v) is 20.1. The van der Waals surface area contributed by atoms with Gasteiger partial charge in [-0.3, -0.25) is 4.79 Å². The van der Waals surface area contributed by atoms with Gasteiger partial charge in [0.1, 0.15) is 17.4 Å². The summed E-state index contributed by atoms with van der Waals surface area (Å²) in [6, 6.07) is 10.8. The molecule has 1 N–H and O–H groups in total. The van der Waals surface area contributed by atoms with Crippen LogP contribution in [0.2, 0.25) is 0 Å². The SMILES string of the molecule is CC(C)c1ccccc1OC(C)c1nnc(SCC(=O)Nc2cc(F)ccc2F)n1C(C)C. The molecule has 0 aliphatic carbocycles. The second-order valence-corrected chi connectivity index (χ2v) is 9.16. The molecule has 0 spiro atoms. The fourth-order valence-corrected chi connectivity index (χ4v) is 4.24. The van der Waals surface area contributed by atoms with Crippen LogP contribution in [0.25, 0.3) is 0 Å². The zero-order valence-electron chi connectivity index (χ0n) is 19.3. The highest BCUT2D eigenvalue weighted by atomic mass is 32.2. The second kappa shape index (κ2) is 10.8. The topological polar surface area (TPSA) is 69.0 Å².